The molecule has 0 radical (unpaired) electrons. The molecular formula is C14H19ClN2S. The molecule has 1 saturated heterocycles. The van der Waals surface area contributed by atoms with E-state index in [1.165, 1.54) is 19.3 Å². The molecule has 1 aliphatic rings. The van der Waals surface area contributed by atoms with E-state index in [0.717, 1.165) is 35.3 Å². The van der Waals surface area contributed by atoms with Crippen molar-refractivity contribution in [2.75, 3.05) is 18.0 Å². The molecule has 0 saturated carbocycles. The molecule has 2 N–H and O–H groups in total. The second-order valence-corrected chi connectivity index (χ2v) is 5.74. The summed E-state index contributed by atoms with van der Waals surface area (Å²) in [5.41, 5.74) is 7.56. The Balaban J connectivity index is 2.20. The highest BCUT2D eigenvalue weighted by molar-refractivity contribution is 7.80. The van der Waals surface area contributed by atoms with Crippen molar-refractivity contribution >= 4 is 34.5 Å². The van der Waals surface area contributed by atoms with Crippen LogP contribution in [-0.4, -0.2) is 18.1 Å². The largest absolute Gasteiger partial charge is 0.389 e. The van der Waals surface area contributed by atoms with Gasteiger partial charge in [-0.3, -0.25) is 0 Å². The minimum Gasteiger partial charge on any atom is -0.389 e. The summed E-state index contributed by atoms with van der Waals surface area (Å²) in [5.74, 6) is 0.782. The number of benzene rings is 1. The fraction of sp³-hybridized carbons (Fsp3) is 0.500. The van der Waals surface area contributed by atoms with Gasteiger partial charge in [-0.05, 0) is 37.0 Å². The van der Waals surface area contributed by atoms with Crippen molar-refractivity contribution < 1.29 is 0 Å². The maximum Gasteiger partial charge on any atom is 0.104 e. The van der Waals surface area contributed by atoms with Crippen molar-refractivity contribution in [2.24, 2.45) is 11.7 Å². The molecule has 2 rings (SSSR count). The fourth-order valence-electron chi connectivity index (χ4n) is 2.53. The number of rotatable bonds is 3. The number of nitrogens with two attached hydrogens (primary N) is 1. The van der Waals surface area contributed by atoms with Gasteiger partial charge in [0.05, 0.1) is 10.7 Å². The number of hydrogen-bond donors (Lipinski definition) is 1. The third-order valence-electron chi connectivity index (χ3n) is 3.67. The molecule has 1 heterocycles. The molecule has 1 aromatic rings. The Bertz CT molecular complexity index is 447. The Hall–Kier alpha value is -0.800. The number of nitrogens with zero attached hydrogens (tertiary/aromatic N) is 1. The molecule has 98 valence electrons. The van der Waals surface area contributed by atoms with E-state index in [2.05, 4.69) is 11.8 Å². The van der Waals surface area contributed by atoms with Gasteiger partial charge in [0.15, 0.2) is 0 Å². The minimum atomic E-state index is 0.397. The molecule has 0 aromatic heterocycles. The Morgan fingerprint density at radius 2 is 2.33 bits per heavy atom. The summed E-state index contributed by atoms with van der Waals surface area (Å²) in [6.07, 6.45) is 3.81. The standard InChI is InChI=1S/C14H19ClN2S/c1-2-10-4-3-7-17(9-10)13-6-5-11(14(16)18)8-12(13)15/h5-6,8,10H,2-4,7,9H2,1H3,(H2,16,18). The van der Waals surface area contributed by atoms with E-state index in [9.17, 15) is 0 Å². The number of piperidine rings is 1. The smallest absolute Gasteiger partial charge is 0.104 e. The summed E-state index contributed by atoms with van der Waals surface area (Å²) in [4.78, 5) is 2.78. The fourth-order valence-corrected chi connectivity index (χ4v) is 2.96. The molecule has 2 nitrogen and oxygen atoms in total. The zero-order valence-corrected chi connectivity index (χ0v) is 12.2. The molecule has 0 amide bonds. The van der Waals surface area contributed by atoms with Gasteiger partial charge in [0.25, 0.3) is 0 Å². The van der Waals surface area contributed by atoms with Crippen molar-refractivity contribution in [1.82, 2.24) is 0 Å². The monoisotopic (exact) mass is 282 g/mol. The second kappa shape index (κ2) is 5.89. The molecule has 4 heteroatoms. The third-order valence-corrected chi connectivity index (χ3v) is 4.21. The predicted octanol–water partition coefficient (Wildman–Crippen LogP) is 3.60. The van der Waals surface area contributed by atoms with Crippen LogP contribution in [-0.2, 0) is 0 Å². The van der Waals surface area contributed by atoms with Crippen LogP contribution in [0.5, 0.6) is 0 Å². The van der Waals surface area contributed by atoms with Gasteiger partial charge in [0.2, 0.25) is 0 Å². The van der Waals surface area contributed by atoms with Crippen LogP contribution in [0.3, 0.4) is 0 Å². The molecule has 1 atom stereocenters. The molecule has 1 aromatic carbocycles. The number of halogens is 1. The molecule has 0 spiro atoms. The van der Waals surface area contributed by atoms with Crippen LogP contribution in [0.4, 0.5) is 5.69 Å². The van der Waals surface area contributed by atoms with Crippen molar-refractivity contribution in [3.8, 4) is 0 Å². The van der Waals surface area contributed by atoms with Crippen LogP contribution in [0, 0.1) is 5.92 Å². The Morgan fingerprint density at radius 1 is 1.56 bits per heavy atom. The average molecular weight is 283 g/mol. The second-order valence-electron chi connectivity index (χ2n) is 4.89. The molecule has 1 aliphatic heterocycles. The average Bonchev–Trinajstić information content (AvgIpc) is 2.38. The van der Waals surface area contributed by atoms with E-state index < -0.39 is 0 Å². The van der Waals surface area contributed by atoms with Crippen LogP contribution in [0.1, 0.15) is 31.7 Å². The van der Waals surface area contributed by atoms with Gasteiger partial charge >= 0.3 is 0 Å². The maximum absolute atomic E-state index is 6.34. The van der Waals surface area contributed by atoms with E-state index in [4.69, 9.17) is 29.6 Å². The summed E-state index contributed by atoms with van der Waals surface area (Å²) in [6.45, 7) is 4.44. The molecule has 0 bridgehead atoms. The molecule has 0 aliphatic carbocycles. The molecular weight excluding hydrogens is 264 g/mol. The summed E-state index contributed by atoms with van der Waals surface area (Å²) >= 11 is 11.3. The van der Waals surface area contributed by atoms with Crippen LogP contribution in [0.15, 0.2) is 18.2 Å². The van der Waals surface area contributed by atoms with Gasteiger partial charge in [-0.15, -0.1) is 0 Å². The van der Waals surface area contributed by atoms with Gasteiger partial charge in [-0.25, -0.2) is 0 Å². The molecule has 1 unspecified atom stereocenters. The first kappa shape index (κ1) is 13.6. The van der Waals surface area contributed by atoms with Gasteiger partial charge in [-0.1, -0.05) is 37.2 Å². The highest BCUT2D eigenvalue weighted by Gasteiger charge is 2.20. The van der Waals surface area contributed by atoms with E-state index in [1.54, 1.807) is 0 Å². The maximum atomic E-state index is 6.34. The first-order chi connectivity index (χ1) is 8.61. The van der Waals surface area contributed by atoms with Gasteiger partial charge in [0, 0.05) is 18.7 Å². The lowest BCUT2D eigenvalue weighted by molar-refractivity contribution is 0.405. The SMILES string of the molecule is CCC1CCCN(c2ccc(C(N)=S)cc2Cl)C1. The van der Waals surface area contributed by atoms with Crippen molar-refractivity contribution in [2.45, 2.75) is 26.2 Å². The Morgan fingerprint density at radius 3 is 2.94 bits per heavy atom. The topological polar surface area (TPSA) is 29.3 Å². The van der Waals surface area contributed by atoms with Crippen LogP contribution < -0.4 is 10.6 Å². The third kappa shape index (κ3) is 2.96. The zero-order chi connectivity index (χ0) is 13.1. The number of hydrogen-bond acceptors (Lipinski definition) is 2. The normalized spacial score (nSPS) is 19.9. The highest BCUT2D eigenvalue weighted by atomic mass is 35.5. The van der Waals surface area contributed by atoms with Gasteiger partial charge < -0.3 is 10.6 Å². The summed E-state index contributed by atoms with van der Waals surface area (Å²) in [5, 5.41) is 0.747. The van der Waals surface area contributed by atoms with Crippen LogP contribution in [0.2, 0.25) is 5.02 Å². The van der Waals surface area contributed by atoms with Gasteiger partial charge in [0.1, 0.15) is 4.99 Å². The first-order valence-corrected chi connectivity index (χ1v) is 7.24. The number of thiocarbonyl (C=S) groups is 1. The van der Waals surface area contributed by atoms with Crippen LogP contribution in [0.25, 0.3) is 0 Å². The summed E-state index contributed by atoms with van der Waals surface area (Å²) in [6, 6.07) is 5.86. The van der Waals surface area contributed by atoms with E-state index >= 15 is 0 Å². The molecule has 18 heavy (non-hydrogen) atoms. The van der Waals surface area contributed by atoms with Crippen molar-refractivity contribution in [1.29, 1.82) is 0 Å². The van der Waals surface area contributed by atoms with Crippen molar-refractivity contribution in [3.05, 3.63) is 28.8 Å². The minimum absolute atomic E-state index is 0.397. The lowest BCUT2D eigenvalue weighted by Gasteiger charge is -2.34. The van der Waals surface area contributed by atoms with Gasteiger partial charge in [-0.2, -0.15) is 0 Å². The first-order valence-electron chi connectivity index (χ1n) is 6.46. The lowest BCUT2D eigenvalue weighted by atomic mass is 9.95. The summed E-state index contributed by atoms with van der Waals surface area (Å²) in [7, 11) is 0. The molecule has 1 fully saturated rings. The Kier molecular flexibility index (Phi) is 4.46. The number of anilines is 1. The van der Waals surface area contributed by atoms with Crippen LogP contribution >= 0.6 is 23.8 Å². The Labute approximate surface area is 119 Å². The summed E-state index contributed by atoms with van der Waals surface area (Å²) < 4.78 is 0. The predicted molar refractivity (Wildman–Crippen MR) is 82.6 cm³/mol. The van der Waals surface area contributed by atoms with E-state index in [0.29, 0.717) is 4.99 Å². The van der Waals surface area contributed by atoms with E-state index in [-0.39, 0.29) is 0 Å². The lowest BCUT2D eigenvalue weighted by Crippen LogP contribution is -2.35. The zero-order valence-electron chi connectivity index (χ0n) is 10.7. The highest BCUT2D eigenvalue weighted by Crippen LogP contribution is 2.31. The quantitative estimate of drug-likeness (QED) is 0.859. The van der Waals surface area contributed by atoms with Crippen molar-refractivity contribution in [3.63, 3.8) is 0 Å². The van der Waals surface area contributed by atoms with E-state index in [1.807, 2.05) is 18.2 Å².